The van der Waals surface area contributed by atoms with Crippen LogP contribution in [0.2, 0.25) is 0 Å². The first-order valence-corrected chi connectivity index (χ1v) is 7.19. The first-order valence-electron chi connectivity index (χ1n) is 4.79. The van der Waals surface area contributed by atoms with Crippen LogP contribution >= 0.6 is 43.2 Å². The maximum atomic E-state index is 13.1. The van der Waals surface area contributed by atoms with Crippen molar-refractivity contribution in [2.75, 3.05) is 0 Å². The minimum Gasteiger partial charge on any atom is -0.294 e. The van der Waals surface area contributed by atoms with Crippen molar-refractivity contribution < 1.29 is 9.18 Å². The molecule has 1 aromatic carbocycles. The molecule has 0 aliphatic heterocycles. The Morgan fingerprint density at radius 3 is 2.65 bits per heavy atom. The van der Waals surface area contributed by atoms with Gasteiger partial charge in [-0.2, -0.15) is 0 Å². The van der Waals surface area contributed by atoms with Crippen LogP contribution in [0.1, 0.15) is 15.2 Å². The van der Waals surface area contributed by atoms with Crippen molar-refractivity contribution in [3.05, 3.63) is 54.8 Å². The van der Waals surface area contributed by atoms with E-state index in [0.717, 1.165) is 8.66 Å². The highest BCUT2D eigenvalue weighted by Crippen LogP contribution is 2.25. The monoisotopic (exact) mass is 376 g/mol. The summed E-state index contributed by atoms with van der Waals surface area (Å²) in [5, 5.41) is 0. The van der Waals surface area contributed by atoms with Crippen molar-refractivity contribution in [1.29, 1.82) is 0 Å². The summed E-state index contributed by atoms with van der Waals surface area (Å²) in [5.41, 5.74) is 0.384. The molecule has 0 fully saturated rings. The van der Waals surface area contributed by atoms with E-state index in [2.05, 4.69) is 31.9 Å². The second kappa shape index (κ2) is 5.42. The average Bonchev–Trinajstić information content (AvgIpc) is 2.67. The molecule has 0 amide bonds. The molecule has 5 heteroatoms. The van der Waals surface area contributed by atoms with Crippen LogP contribution in [-0.2, 0) is 6.42 Å². The molecule has 0 N–H and O–H groups in total. The lowest BCUT2D eigenvalue weighted by Crippen LogP contribution is -2.03. The third kappa shape index (κ3) is 3.24. The van der Waals surface area contributed by atoms with Crippen LogP contribution in [-0.4, -0.2) is 5.78 Å². The second-order valence-electron chi connectivity index (χ2n) is 3.43. The highest BCUT2D eigenvalue weighted by molar-refractivity contribution is 9.11. The van der Waals surface area contributed by atoms with Crippen molar-refractivity contribution in [2.24, 2.45) is 0 Å². The molecule has 0 saturated heterocycles. The molecule has 0 unspecified atom stereocenters. The minimum atomic E-state index is -0.399. The maximum absolute atomic E-state index is 13.1. The van der Waals surface area contributed by atoms with Gasteiger partial charge in [0.1, 0.15) is 5.82 Å². The van der Waals surface area contributed by atoms with Crippen molar-refractivity contribution in [3.8, 4) is 0 Å². The molecular formula is C12H7Br2FOS. The summed E-state index contributed by atoms with van der Waals surface area (Å²) in [6.07, 6.45) is 0.290. The van der Waals surface area contributed by atoms with Gasteiger partial charge in [0.15, 0.2) is 5.78 Å². The molecular weight excluding hydrogens is 371 g/mol. The number of rotatable bonds is 3. The molecule has 0 radical (unpaired) electrons. The molecule has 1 aromatic heterocycles. The van der Waals surface area contributed by atoms with Crippen LogP contribution in [0, 0.1) is 5.82 Å². The molecule has 88 valence electrons. The van der Waals surface area contributed by atoms with Gasteiger partial charge in [-0.05, 0) is 46.3 Å². The molecule has 0 saturated carbocycles. The van der Waals surface area contributed by atoms with Gasteiger partial charge >= 0.3 is 0 Å². The first kappa shape index (κ1) is 12.9. The van der Waals surface area contributed by atoms with Gasteiger partial charge in [0.25, 0.3) is 0 Å². The first-order chi connectivity index (χ1) is 8.06. The van der Waals surface area contributed by atoms with E-state index >= 15 is 0 Å². The Hall–Kier alpha value is -0.520. The molecule has 1 nitrogen and oxygen atoms in total. The highest BCUT2D eigenvalue weighted by atomic mass is 79.9. The predicted molar refractivity (Wildman–Crippen MR) is 74.2 cm³/mol. The van der Waals surface area contributed by atoms with E-state index in [9.17, 15) is 9.18 Å². The lowest BCUT2D eigenvalue weighted by Gasteiger charge is -2.02. The fourth-order valence-corrected chi connectivity index (χ4v) is 3.36. The molecule has 0 atom stereocenters. The van der Waals surface area contributed by atoms with Crippen LogP contribution in [0.5, 0.6) is 0 Å². The van der Waals surface area contributed by atoms with Crippen LogP contribution in [0.4, 0.5) is 4.39 Å². The summed E-state index contributed by atoms with van der Waals surface area (Å²) >= 11 is 8.11. The van der Waals surface area contributed by atoms with E-state index in [4.69, 9.17) is 0 Å². The van der Waals surface area contributed by atoms with E-state index in [0.29, 0.717) is 10.0 Å². The van der Waals surface area contributed by atoms with Crippen LogP contribution in [0.3, 0.4) is 0 Å². The van der Waals surface area contributed by atoms with Gasteiger partial charge < -0.3 is 0 Å². The van der Waals surface area contributed by atoms with E-state index in [1.54, 1.807) is 6.07 Å². The Balaban J connectivity index is 2.22. The lowest BCUT2D eigenvalue weighted by molar-refractivity contribution is 0.0992. The number of Topliss-reactive ketones (excluding diaryl/α,β-unsaturated/α-hetero) is 1. The van der Waals surface area contributed by atoms with Gasteiger partial charge in [-0.3, -0.25) is 4.79 Å². The summed E-state index contributed by atoms with van der Waals surface area (Å²) in [4.78, 5) is 12.9. The van der Waals surface area contributed by atoms with E-state index in [-0.39, 0.29) is 12.2 Å². The summed E-state index contributed by atoms with van der Waals surface area (Å²) in [6, 6.07) is 7.92. The Morgan fingerprint density at radius 1 is 1.24 bits per heavy atom. The SMILES string of the molecule is O=C(Cc1ccc(Br)s1)c1cc(F)ccc1Br. The van der Waals surface area contributed by atoms with Crippen LogP contribution in [0.25, 0.3) is 0 Å². The molecule has 2 aromatic rings. The smallest absolute Gasteiger partial charge is 0.169 e. The van der Waals surface area contributed by atoms with Gasteiger partial charge in [-0.25, -0.2) is 4.39 Å². The lowest BCUT2D eigenvalue weighted by atomic mass is 10.1. The Bertz CT molecular complexity index is 565. The fraction of sp³-hybridized carbons (Fsp3) is 0.0833. The minimum absolute atomic E-state index is 0.0919. The topological polar surface area (TPSA) is 17.1 Å². The van der Waals surface area contributed by atoms with Crippen LogP contribution < -0.4 is 0 Å². The van der Waals surface area contributed by atoms with Gasteiger partial charge in [-0.1, -0.05) is 15.9 Å². The molecule has 0 spiro atoms. The predicted octanol–water partition coefficient (Wildman–Crippen LogP) is 4.84. The van der Waals surface area contributed by atoms with Crippen molar-refractivity contribution in [1.82, 2.24) is 0 Å². The Morgan fingerprint density at radius 2 is 2.00 bits per heavy atom. The van der Waals surface area contributed by atoms with Gasteiger partial charge in [0.05, 0.1) is 3.79 Å². The Labute approximate surface area is 119 Å². The molecule has 2 rings (SSSR count). The third-order valence-electron chi connectivity index (χ3n) is 2.19. The number of halogens is 3. The normalized spacial score (nSPS) is 10.5. The van der Waals surface area contributed by atoms with Gasteiger partial charge in [-0.15, -0.1) is 11.3 Å². The molecule has 0 bridgehead atoms. The van der Waals surface area contributed by atoms with E-state index in [1.165, 1.54) is 23.5 Å². The number of thiophene rings is 1. The van der Waals surface area contributed by atoms with Crippen LogP contribution in [0.15, 0.2) is 38.6 Å². The zero-order valence-electron chi connectivity index (χ0n) is 8.54. The quantitative estimate of drug-likeness (QED) is 0.699. The second-order valence-corrected chi connectivity index (χ2v) is 6.83. The number of ketones is 1. The molecule has 1 heterocycles. The Kier molecular flexibility index (Phi) is 4.12. The molecule has 0 aliphatic rings. The fourth-order valence-electron chi connectivity index (χ4n) is 1.41. The number of carbonyl (C=O) groups is 1. The summed E-state index contributed by atoms with van der Waals surface area (Å²) in [5.74, 6) is -0.491. The van der Waals surface area contributed by atoms with Crippen molar-refractivity contribution in [3.63, 3.8) is 0 Å². The summed E-state index contributed by atoms with van der Waals surface area (Å²) in [7, 11) is 0. The zero-order chi connectivity index (χ0) is 12.4. The number of hydrogen-bond donors (Lipinski definition) is 0. The maximum Gasteiger partial charge on any atom is 0.169 e. The van der Waals surface area contributed by atoms with Gasteiger partial charge in [0, 0.05) is 21.3 Å². The number of carbonyl (C=O) groups excluding carboxylic acids is 1. The largest absolute Gasteiger partial charge is 0.294 e. The number of hydrogen-bond acceptors (Lipinski definition) is 2. The summed E-state index contributed by atoms with van der Waals surface area (Å²) in [6.45, 7) is 0. The molecule has 17 heavy (non-hydrogen) atoms. The summed E-state index contributed by atoms with van der Waals surface area (Å²) < 4.78 is 14.7. The van der Waals surface area contributed by atoms with Gasteiger partial charge in [0.2, 0.25) is 0 Å². The average molecular weight is 378 g/mol. The zero-order valence-corrected chi connectivity index (χ0v) is 12.5. The number of benzene rings is 1. The van der Waals surface area contributed by atoms with Crippen molar-refractivity contribution >= 4 is 49.0 Å². The highest BCUT2D eigenvalue weighted by Gasteiger charge is 2.13. The van der Waals surface area contributed by atoms with E-state index in [1.807, 2.05) is 12.1 Å². The van der Waals surface area contributed by atoms with Crippen molar-refractivity contribution in [2.45, 2.75) is 6.42 Å². The molecule has 0 aliphatic carbocycles. The standard InChI is InChI=1S/C12H7Br2FOS/c13-10-3-1-7(15)5-9(10)11(16)6-8-2-4-12(14)17-8/h1-5H,6H2. The van der Waals surface area contributed by atoms with E-state index < -0.39 is 5.82 Å². The third-order valence-corrected chi connectivity index (χ3v) is 4.51.